The van der Waals surface area contributed by atoms with Crippen LogP contribution >= 0.6 is 0 Å². The number of aromatic nitrogens is 2. The van der Waals surface area contributed by atoms with Gasteiger partial charge >= 0.3 is 0 Å². The minimum atomic E-state index is -0.0129. The Kier molecular flexibility index (Phi) is 4.46. The molecule has 18 heavy (non-hydrogen) atoms. The van der Waals surface area contributed by atoms with E-state index in [2.05, 4.69) is 53.0 Å². The first-order valence-corrected chi connectivity index (χ1v) is 7.12. The molecule has 2 N–H and O–H groups in total. The van der Waals surface area contributed by atoms with Gasteiger partial charge in [0.2, 0.25) is 0 Å². The summed E-state index contributed by atoms with van der Waals surface area (Å²) in [6.45, 7) is 15.3. The smallest absolute Gasteiger partial charge is 0.127 e. The first kappa shape index (κ1) is 15.1. The van der Waals surface area contributed by atoms with Gasteiger partial charge < -0.3 is 10.3 Å². The lowest BCUT2D eigenvalue weighted by Gasteiger charge is -2.26. The van der Waals surface area contributed by atoms with Gasteiger partial charge in [0, 0.05) is 17.4 Å². The topological polar surface area (TPSA) is 43.8 Å². The highest BCUT2D eigenvalue weighted by molar-refractivity contribution is 5.42. The first-order valence-electron chi connectivity index (χ1n) is 7.12. The van der Waals surface area contributed by atoms with Crippen LogP contribution < -0.4 is 5.73 Å². The van der Waals surface area contributed by atoms with Crippen molar-refractivity contribution in [1.82, 2.24) is 9.55 Å². The van der Waals surface area contributed by atoms with Crippen molar-refractivity contribution in [3.05, 3.63) is 11.5 Å². The average molecular weight is 251 g/mol. The lowest BCUT2D eigenvalue weighted by molar-refractivity contribution is 0.382. The molecule has 0 aliphatic heterocycles. The van der Waals surface area contributed by atoms with E-state index >= 15 is 0 Å². The molecule has 0 amide bonds. The van der Waals surface area contributed by atoms with Crippen LogP contribution in [0.5, 0.6) is 0 Å². The fourth-order valence-corrected chi connectivity index (χ4v) is 2.54. The third kappa shape index (κ3) is 2.70. The molecular weight excluding hydrogens is 222 g/mol. The summed E-state index contributed by atoms with van der Waals surface area (Å²) in [7, 11) is 0. The van der Waals surface area contributed by atoms with Gasteiger partial charge in [0.05, 0.1) is 5.69 Å². The standard InChI is InChI=1S/C15H29N3/c1-8-11(9-2)12-13(16)18(15(5,6)7)14(17-12)10(3)4/h10-11H,8-9,16H2,1-7H3. The number of hydrogen-bond donors (Lipinski definition) is 1. The van der Waals surface area contributed by atoms with Crippen LogP contribution in [0.2, 0.25) is 0 Å². The first-order chi connectivity index (χ1) is 8.23. The molecule has 0 atom stereocenters. The summed E-state index contributed by atoms with van der Waals surface area (Å²) < 4.78 is 2.21. The summed E-state index contributed by atoms with van der Waals surface area (Å²) >= 11 is 0. The van der Waals surface area contributed by atoms with E-state index in [1.54, 1.807) is 0 Å². The molecule has 1 aromatic heterocycles. The zero-order valence-corrected chi connectivity index (χ0v) is 13.0. The number of nitrogen functional groups attached to an aromatic ring is 1. The molecule has 0 aliphatic carbocycles. The van der Waals surface area contributed by atoms with Crippen molar-refractivity contribution in [1.29, 1.82) is 0 Å². The Morgan fingerprint density at radius 3 is 1.94 bits per heavy atom. The molecule has 3 heteroatoms. The number of anilines is 1. The van der Waals surface area contributed by atoms with Gasteiger partial charge in [-0.2, -0.15) is 0 Å². The number of hydrogen-bond acceptors (Lipinski definition) is 2. The fraction of sp³-hybridized carbons (Fsp3) is 0.800. The van der Waals surface area contributed by atoms with Gasteiger partial charge in [-0.05, 0) is 33.6 Å². The Morgan fingerprint density at radius 1 is 1.17 bits per heavy atom. The number of imidazole rings is 1. The summed E-state index contributed by atoms with van der Waals surface area (Å²) in [6.07, 6.45) is 2.19. The summed E-state index contributed by atoms with van der Waals surface area (Å²) in [6, 6.07) is 0. The van der Waals surface area contributed by atoms with Gasteiger partial charge in [-0.25, -0.2) is 4.98 Å². The second-order valence-corrected chi connectivity index (χ2v) is 6.41. The van der Waals surface area contributed by atoms with E-state index in [9.17, 15) is 0 Å². The predicted molar refractivity (Wildman–Crippen MR) is 79.0 cm³/mol. The fourth-order valence-electron chi connectivity index (χ4n) is 2.54. The summed E-state index contributed by atoms with van der Waals surface area (Å²) in [5.41, 5.74) is 7.46. The molecule has 104 valence electrons. The van der Waals surface area contributed by atoms with E-state index in [0.29, 0.717) is 11.8 Å². The van der Waals surface area contributed by atoms with Crippen molar-refractivity contribution < 1.29 is 0 Å². The van der Waals surface area contributed by atoms with E-state index in [0.717, 1.165) is 30.2 Å². The minimum Gasteiger partial charge on any atom is -0.384 e. The molecule has 0 saturated heterocycles. The molecule has 0 radical (unpaired) electrons. The molecule has 0 saturated carbocycles. The normalized spacial score (nSPS) is 12.7. The lowest BCUT2D eigenvalue weighted by Crippen LogP contribution is -2.26. The summed E-state index contributed by atoms with van der Waals surface area (Å²) in [5.74, 6) is 2.85. The number of nitrogens with zero attached hydrogens (tertiary/aromatic N) is 2. The number of rotatable bonds is 4. The maximum absolute atomic E-state index is 6.38. The van der Waals surface area contributed by atoms with Crippen molar-refractivity contribution in [2.24, 2.45) is 0 Å². The quantitative estimate of drug-likeness (QED) is 0.869. The highest BCUT2D eigenvalue weighted by Gasteiger charge is 2.27. The zero-order valence-electron chi connectivity index (χ0n) is 13.0. The molecular formula is C15H29N3. The highest BCUT2D eigenvalue weighted by Crippen LogP contribution is 2.34. The van der Waals surface area contributed by atoms with Crippen molar-refractivity contribution in [3.63, 3.8) is 0 Å². The van der Waals surface area contributed by atoms with Gasteiger partial charge in [0.25, 0.3) is 0 Å². The van der Waals surface area contributed by atoms with Crippen LogP contribution in [0.1, 0.15) is 84.7 Å². The van der Waals surface area contributed by atoms with Crippen molar-refractivity contribution in [2.45, 2.75) is 78.7 Å². The molecule has 0 aliphatic rings. The molecule has 0 spiro atoms. The van der Waals surface area contributed by atoms with Crippen LogP contribution in [0.25, 0.3) is 0 Å². The van der Waals surface area contributed by atoms with Gasteiger partial charge in [0.1, 0.15) is 11.6 Å². The SMILES string of the molecule is CCC(CC)c1nc(C(C)C)n(C(C)(C)C)c1N. The third-order valence-corrected chi connectivity index (χ3v) is 3.53. The minimum absolute atomic E-state index is 0.0129. The Hall–Kier alpha value is -0.990. The van der Waals surface area contributed by atoms with E-state index in [1.807, 2.05) is 0 Å². The average Bonchev–Trinajstić information content (AvgIpc) is 2.58. The van der Waals surface area contributed by atoms with Gasteiger partial charge in [-0.1, -0.05) is 27.7 Å². The largest absolute Gasteiger partial charge is 0.384 e. The van der Waals surface area contributed by atoms with Crippen LogP contribution in [-0.2, 0) is 5.54 Å². The molecule has 3 nitrogen and oxygen atoms in total. The summed E-state index contributed by atoms with van der Waals surface area (Å²) in [5, 5.41) is 0. The molecule has 0 unspecified atom stereocenters. The van der Waals surface area contributed by atoms with Crippen LogP contribution in [0.15, 0.2) is 0 Å². The molecule has 1 aromatic rings. The van der Waals surface area contributed by atoms with Crippen molar-refractivity contribution in [3.8, 4) is 0 Å². The Bertz CT molecular complexity index is 393. The number of nitrogens with two attached hydrogens (primary N) is 1. The van der Waals surface area contributed by atoms with Gasteiger partial charge in [0.15, 0.2) is 0 Å². The maximum Gasteiger partial charge on any atom is 0.127 e. The zero-order chi connectivity index (χ0) is 14.1. The van der Waals surface area contributed by atoms with E-state index < -0.39 is 0 Å². The van der Waals surface area contributed by atoms with Gasteiger partial charge in [-0.3, -0.25) is 0 Å². The predicted octanol–water partition coefficient (Wildman–Crippen LogP) is 4.25. The lowest BCUT2D eigenvalue weighted by atomic mass is 9.99. The van der Waals surface area contributed by atoms with Gasteiger partial charge in [-0.15, -0.1) is 0 Å². The molecule has 0 aromatic carbocycles. The molecule has 1 rings (SSSR count). The van der Waals surface area contributed by atoms with E-state index in [-0.39, 0.29) is 5.54 Å². The summed E-state index contributed by atoms with van der Waals surface area (Å²) in [4.78, 5) is 4.86. The Labute approximate surface area is 112 Å². The van der Waals surface area contributed by atoms with E-state index in [1.165, 1.54) is 0 Å². The van der Waals surface area contributed by atoms with Crippen molar-refractivity contribution >= 4 is 5.82 Å². The second kappa shape index (κ2) is 5.33. The second-order valence-electron chi connectivity index (χ2n) is 6.41. The molecule has 0 bridgehead atoms. The van der Waals surface area contributed by atoms with Crippen LogP contribution in [0.4, 0.5) is 5.82 Å². The Balaban J connectivity index is 3.42. The Morgan fingerprint density at radius 2 is 1.67 bits per heavy atom. The third-order valence-electron chi connectivity index (χ3n) is 3.53. The maximum atomic E-state index is 6.38. The van der Waals surface area contributed by atoms with E-state index in [4.69, 9.17) is 10.7 Å². The molecule has 0 fully saturated rings. The molecule has 1 heterocycles. The van der Waals surface area contributed by atoms with Crippen molar-refractivity contribution in [2.75, 3.05) is 5.73 Å². The van der Waals surface area contributed by atoms with Crippen LogP contribution in [0, 0.1) is 0 Å². The monoisotopic (exact) mass is 251 g/mol. The van der Waals surface area contributed by atoms with Crippen LogP contribution in [-0.4, -0.2) is 9.55 Å². The highest BCUT2D eigenvalue weighted by atomic mass is 15.2. The van der Waals surface area contributed by atoms with Crippen LogP contribution in [0.3, 0.4) is 0 Å².